The second-order valence-corrected chi connectivity index (χ2v) is 4.58. The highest BCUT2D eigenvalue weighted by atomic mass is 15.3. The Morgan fingerprint density at radius 1 is 1.53 bits per heavy atom. The number of rotatable bonds is 3. The van der Waals surface area contributed by atoms with E-state index in [9.17, 15) is 0 Å². The quantitative estimate of drug-likeness (QED) is 0.581. The van der Waals surface area contributed by atoms with Gasteiger partial charge in [-0.3, -0.25) is 4.98 Å². The van der Waals surface area contributed by atoms with Crippen molar-refractivity contribution in [3.8, 4) is 0 Å². The Kier molecular flexibility index (Phi) is 3.75. The molecule has 0 bridgehead atoms. The Balaban J connectivity index is 2.09. The molecular weight excluding hydrogens is 216 g/mol. The summed E-state index contributed by atoms with van der Waals surface area (Å²) in [6.45, 7) is 2.25. The van der Waals surface area contributed by atoms with Crippen LogP contribution in [0, 0.1) is 0 Å². The summed E-state index contributed by atoms with van der Waals surface area (Å²) >= 11 is 0. The van der Waals surface area contributed by atoms with Gasteiger partial charge in [0.05, 0.1) is 12.4 Å². The standard InChI is InChI=1S/C11H20N6/c1-16-5-3-4-9(8-16)17(2)11-7-13-6-10(14-11)15-12/h6-7,9H,3-5,8,12H2,1-2H3,(H,14,15). The van der Waals surface area contributed by atoms with E-state index in [1.54, 1.807) is 12.4 Å². The van der Waals surface area contributed by atoms with Gasteiger partial charge in [0.25, 0.3) is 0 Å². The van der Waals surface area contributed by atoms with Crippen LogP contribution in [0.5, 0.6) is 0 Å². The van der Waals surface area contributed by atoms with Crippen LogP contribution in [0.3, 0.4) is 0 Å². The van der Waals surface area contributed by atoms with Gasteiger partial charge in [-0.15, -0.1) is 0 Å². The molecule has 1 unspecified atom stereocenters. The first-order valence-electron chi connectivity index (χ1n) is 5.90. The molecular formula is C11H20N6. The molecule has 2 rings (SSSR count). The summed E-state index contributed by atoms with van der Waals surface area (Å²) in [5.74, 6) is 6.80. The maximum Gasteiger partial charge on any atom is 0.160 e. The molecule has 1 atom stereocenters. The van der Waals surface area contributed by atoms with E-state index >= 15 is 0 Å². The Labute approximate surface area is 102 Å². The summed E-state index contributed by atoms with van der Waals surface area (Å²) in [6, 6.07) is 0.496. The summed E-state index contributed by atoms with van der Waals surface area (Å²) in [5, 5.41) is 0. The van der Waals surface area contributed by atoms with Crippen molar-refractivity contribution in [2.24, 2.45) is 5.84 Å². The van der Waals surface area contributed by atoms with Crippen LogP contribution >= 0.6 is 0 Å². The first-order chi connectivity index (χ1) is 8.20. The molecule has 1 fully saturated rings. The molecule has 0 aliphatic carbocycles. The SMILES string of the molecule is CN1CCCC(N(C)c2cncc(NN)n2)C1. The zero-order valence-corrected chi connectivity index (χ0v) is 10.4. The zero-order valence-electron chi connectivity index (χ0n) is 10.4. The fourth-order valence-corrected chi connectivity index (χ4v) is 2.24. The molecule has 3 N–H and O–H groups in total. The molecule has 0 radical (unpaired) electrons. The molecule has 0 amide bonds. The molecule has 6 nitrogen and oxygen atoms in total. The van der Waals surface area contributed by atoms with Crippen LogP contribution < -0.4 is 16.2 Å². The third-order valence-electron chi connectivity index (χ3n) is 3.28. The van der Waals surface area contributed by atoms with Crippen LogP contribution in [0.2, 0.25) is 0 Å². The van der Waals surface area contributed by atoms with Crippen LogP contribution in [0.15, 0.2) is 12.4 Å². The van der Waals surface area contributed by atoms with Crippen molar-refractivity contribution in [1.82, 2.24) is 14.9 Å². The van der Waals surface area contributed by atoms with Gasteiger partial charge in [-0.2, -0.15) is 0 Å². The molecule has 0 spiro atoms. The van der Waals surface area contributed by atoms with Gasteiger partial charge in [0.2, 0.25) is 0 Å². The maximum absolute atomic E-state index is 5.34. The second kappa shape index (κ2) is 5.29. The molecule has 1 saturated heterocycles. The number of anilines is 2. The number of nitrogens with zero attached hydrogens (tertiary/aromatic N) is 4. The van der Waals surface area contributed by atoms with E-state index < -0.39 is 0 Å². The summed E-state index contributed by atoms with van der Waals surface area (Å²) in [7, 11) is 4.22. The van der Waals surface area contributed by atoms with Crippen LogP contribution in [0.4, 0.5) is 11.6 Å². The van der Waals surface area contributed by atoms with Crippen LogP contribution in [0.25, 0.3) is 0 Å². The highest BCUT2D eigenvalue weighted by Gasteiger charge is 2.22. The number of likely N-dealkylation sites (N-methyl/N-ethyl adjacent to an activating group) is 2. The summed E-state index contributed by atoms with van der Waals surface area (Å²) in [6.07, 6.45) is 5.82. The van der Waals surface area contributed by atoms with E-state index in [1.165, 1.54) is 19.4 Å². The normalized spacial score (nSPS) is 21.2. The molecule has 1 aromatic heterocycles. The smallest absolute Gasteiger partial charge is 0.160 e. The number of likely N-dealkylation sites (tertiary alicyclic amines) is 1. The third kappa shape index (κ3) is 2.83. The van der Waals surface area contributed by atoms with Crippen molar-refractivity contribution in [2.75, 3.05) is 37.5 Å². The lowest BCUT2D eigenvalue weighted by atomic mass is 10.1. The molecule has 6 heteroatoms. The average Bonchev–Trinajstić information content (AvgIpc) is 2.38. The second-order valence-electron chi connectivity index (χ2n) is 4.58. The van der Waals surface area contributed by atoms with Crippen molar-refractivity contribution in [3.63, 3.8) is 0 Å². The lowest BCUT2D eigenvalue weighted by Crippen LogP contribution is -2.45. The van der Waals surface area contributed by atoms with Crippen molar-refractivity contribution in [2.45, 2.75) is 18.9 Å². The van der Waals surface area contributed by atoms with E-state index in [0.717, 1.165) is 12.4 Å². The van der Waals surface area contributed by atoms with E-state index in [-0.39, 0.29) is 0 Å². The lowest BCUT2D eigenvalue weighted by molar-refractivity contribution is 0.247. The van der Waals surface area contributed by atoms with Gasteiger partial charge in [-0.25, -0.2) is 10.8 Å². The van der Waals surface area contributed by atoms with Crippen LogP contribution in [-0.4, -0.2) is 48.1 Å². The first-order valence-corrected chi connectivity index (χ1v) is 5.90. The Morgan fingerprint density at radius 2 is 2.35 bits per heavy atom. The first kappa shape index (κ1) is 12.1. The molecule has 0 aromatic carbocycles. The van der Waals surface area contributed by atoms with Gasteiger partial charge in [-0.1, -0.05) is 0 Å². The predicted molar refractivity (Wildman–Crippen MR) is 68.8 cm³/mol. The number of nitrogens with one attached hydrogen (secondary N) is 1. The van der Waals surface area contributed by atoms with Gasteiger partial charge < -0.3 is 15.2 Å². The molecule has 1 aliphatic rings. The number of hydrazine groups is 1. The molecule has 17 heavy (non-hydrogen) atoms. The third-order valence-corrected chi connectivity index (χ3v) is 3.28. The number of nitrogens with two attached hydrogens (primary N) is 1. The molecule has 2 heterocycles. The Bertz CT molecular complexity index is 369. The van der Waals surface area contributed by atoms with Crippen molar-refractivity contribution in [1.29, 1.82) is 0 Å². The predicted octanol–water partition coefficient (Wildman–Crippen LogP) is 0.293. The van der Waals surface area contributed by atoms with Crippen molar-refractivity contribution >= 4 is 11.6 Å². The topological polar surface area (TPSA) is 70.3 Å². The van der Waals surface area contributed by atoms with Gasteiger partial charge in [0, 0.05) is 19.6 Å². The molecule has 94 valence electrons. The summed E-state index contributed by atoms with van der Waals surface area (Å²) in [5.41, 5.74) is 2.52. The minimum atomic E-state index is 0.496. The Morgan fingerprint density at radius 3 is 3.06 bits per heavy atom. The van der Waals surface area contributed by atoms with Gasteiger partial charge in [-0.05, 0) is 26.4 Å². The minimum absolute atomic E-state index is 0.496. The number of hydrogen-bond donors (Lipinski definition) is 2. The van der Waals surface area contributed by atoms with Crippen molar-refractivity contribution in [3.05, 3.63) is 12.4 Å². The molecule has 0 saturated carbocycles. The minimum Gasteiger partial charge on any atom is -0.354 e. The highest BCUT2D eigenvalue weighted by molar-refractivity contribution is 5.43. The van der Waals surface area contributed by atoms with Gasteiger partial charge in [0.15, 0.2) is 5.82 Å². The lowest BCUT2D eigenvalue weighted by Gasteiger charge is -2.36. The average molecular weight is 236 g/mol. The van der Waals surface area contributed by atoms with E-state index in [1.807, 2.05) is 0 Å². The molecule has 1 aliphatic heterocycles. The summed E-state index contributed by atoms with van der Waals surface area (Å²) in [4.78, 5) is 13.1. The number of piperidine rings is 1. The van der Waals surface area contributed by atoms with Gasteiger partial charge >= 0.3 is 0 Å². The van der Waals surface area contributed by atoms with Crippen LogP contribution in [-0.2, 0) is 0 Å². The monoisotopic (exact) mass is 236 g/mol. The number of nitrogen functional groups attached to an aromatic ring is 1. The van der Waals surface area contributed by atoms with Crippen molar-refractivity contribution < 1.29 is 0 Å². The van der Waals surface area contributed by atoms with E-state index in [2.05, 4.69) is 39.3 Å². The zero-order chi connectivity index (χ0) is 12.3. The highest BCUT2D eigenvalue weighted by Crippen LogP contribution is 2.19. The van der Waals surface area contributed by atoms with E-state index in [4.69, 9.17) is 5.84 Å². The number of aromatic nitrogens is 2. The Hall–Kier alpha value is -1.40. The van der Waals surface area contributed by atoms with Gasteiger partial charge in [0.1, 0.15) is 5.82 Å². The number of hydrogen-bond acceptors (Lipinski definition) is 6. The van der Waals surface area contributed by atoms with E-state index in [0.29, 0.717) is 11.9 Å². The van der Waals surface area contributed by atoms with Crippen LogP contribution in [0.1, 0.15) is 12.8 Å². The largest absolute Gasteiger partial charge is 0.354 e. The fourth-order valence-electron chi connectivity index (χ4n) is 2.24. The maximum atomic E-state index is 5.34. The fraction of sp³-hybridized carbons (Fsp3) is 0.636. The molecule has 1 aromatic rings. The summed E-state index contributed by atoms with van der Waals surface area (Å²) < 4.78 is 0.